The summed E-state index contributed by atoms with van der Waals surface area (Å²) in [5.41, 5.74) is 5.40. The van der Waals surface area contributed by atoms with E-state index in [9.17, 15) is 5.11 Å². The Balaban J connectivity index is 2.41. The van der Waals surface area contributed by atoms with Gasteiger partial charge < -0.3 is 10.8 Å². The van der Waals surface area contributed by atoms with E-state index in [4.69, 9.17) is 5.73 Å². The number of rotatable bonds is 3. The zero-order valence-electron chi connectivity index (χ0n) is 9.48. The molecule has 3 atom stereocenters. The number of nitrogens with two attached hydrogens (primary N) is 1. The summed E-state index contributed by atoms with van der Waals surface area (Å²) in [7, 11) is 2.16. The van der Waals surface area contributed by atoms with Crippen LogP contribution < -0.4 is 5.73 Å². The highest BCUT2D eigenvalue weighted by atomic mass is 16.3. The third kappa shape index (κ3) is 2.92. The highest BCUT2D eigenvalue weighted by molar-refractivity contribution is 4.83. The largest absolute Gasteiger partial charge is 0.390 e. The van der Waals surface area contributed by atoms with Gasteiger partial charge in [-0.2, -0.15) is 0 Å². The summed E-state index contributed by atoms with van der Waals surface area (Å²) in [6.45, 7) is 7.55. The van der Waals surface area contributed by atoms with Crippen molar-refractivity contribution < 1.29 is 5.11 Å². The number of aliphatic hydroxyl groups excluding tert-OH is 1. The van der Waals surface area contributed by atoms with Crippen LogP contribution in [0.3, 0.4) is 0 Å². The van der Waals surface area contributed by atoms with Gasteiger partial charge in [0.1, 0.15) is 0 Å². The fourth-order valence-electron chi connectivity index (χ4n) is 2.04. The Bertz CT molecular complexity index is 162. The summed E-state index contributed by atoms with van der Waals surface area (Å²) in [6, 6.07) is 1.12. The molecule has 1 aliphatic rings. The van der Waals surface area contributed by atoms with Crippen molar-refractivity contribution >= 4 is 0 Å². The van der Waals surface area contributed by atoms with Crippen LogP contribution in [0.2, 0.25) is 0 Å². The number of hydrogen-bond acceptors (Lipinski definition) is 4. The molecule has 84 valence electrons. The van der Waals surface area contributed by atoms with E-state index in [0.29, 0.717) is 25.2 Å². The average Bonchev–Trinajstić information content (AvgIpc) is 2.14. The van der Waals surface area contributed by atoms with Crippen molar-refractivity contribution in [1.82, 2.24) is 9.80 Å². The third-order valence-corrected chi connectivity index (χ3v) is 3.18. The molecule has 0 aliphatic carbocycles. The average molecular weight is 201 g/mol. The molecule has 0 amide bonds. The SMILES string of the molecule is CC1CN(C[C@H](O)CN)CC(C)N1C. The van der Waals surface area contributed by atoms with Crippen molar-refractivity contribution in [3.63, 3.8) is 0 Å². The molecule has 0 saturated carbocycles. The van der Waals surface area contributed by atoms with Gasteiger partial charge in [0.25, 0.3) is 0 Å². The molecular formula is C10H23N3O. The molecule has 0 aromatic rings. The molecule has 2 unspecified atom stereocenters. The number of aliphatic hydroxyl groups is 1. The first-order valence-electron chi connectivity index (χ1n) is 5.37. The van der Waals surface area contributed by atoms with Gasteiger partial charge in [-0.1, -0.05) is 0 Å². The third-order valence-electron chi connectivity index (χ3n) is 3.18. The molecule has 0 radical (unpaired) electrons. The lowest BCUT2D eigenvalue weighted by Gasteiger charge is -2.42. The van der Waals surface area contributed by atoms with Crippen LogP contribution in [0.4, 0.5) is 0 Å². The molecule has 0 aromatic carbocycles. The van der Waals surface area contributed by atoms with Gasteiger partial charge in [0.05, 0.1) is 6.10 Å². The molecule has 1 fully saturated rings. The van der Waals surface area contributed by atoms with E-state index in [1.807, 2.05) is 0 Å². The predicted octanol–water partition coefficient (Wildman–Crippen LogP) is -0.670. The van der Waals surface area contributed by atoms with Crippen molar-refractivity contribution in [3.05, 3.63) is 0 Å². The first kappa shape index (κ1) is 11.9. The molecule has 1 rings (SSSR count). The molecule has 4 nitrogen and oxygen atoms in total. The van der Waals surface area contributed by atoms with Crippen molar-refractivity contribution in [3.8, 4) is 0 Å². The van der Waals surface area contributed by atoms with E-state index in [-0.39, 0.29) is 6.10 Å². The van der Waals surface area contributed by atoms with Crippen molar-refractivity contribution in [1.29, 1.82) is 0 Å². The zero-order chi connectivity index (χ0) is 10.7. The van der Waals surface area contributed by atoms with Crippen LogP contribution in [0.25, 0.3) is 0 Å². The van der Waals surface area contributed by atoms with E-state index >= 15 is 0 Å². The minimum absolute atomic E-state index is 0.356. The number of hydrogen-bond donors (Lipinski definition) is 2. The number of β-amino-alcohol motifs (C(OH)–C–C–N with tert-alkyl or cyclic N) is 1. The molecule has 1 saturated heterocycles. The summed E-state index contributed by atoms with van der Waals surface area (Å²) in [5.74, 6) is 0. The van der Waals surface area contributed by atoms with E-state index in [2.05, 4.69) is 30.7 Å². The fourth-order valence-corrected chi connectivity index (χ4v) is 2.04. The van der Waals surface area contributed by atoms with E-state index in [0.717, 1.165) is 13.1 Å². The highest BCUT2D eigenvalue weighted by Gasteiger charge is 2.26. The van der Waals surface area contributed by atoms with Crippen LogP contribution in [0, 0.1) is 0 Å². The van der Waals surface area contributed by atoms with Gasteiger partial charge in [-0.05, 0) is 20.9 Å². The number of likely N-dealkylation sites (N-methyl/N-ethyl adjacent to an activating group) is 1. The predicted molar refractivity (Wildman–Crippen MR) is 58.2 cm³/mol. The van der Waals surface area contributed by atoms with E-state index in [1.54, 1.807) is 0 Å². The topological polar surface area (TPSA) is 52.7 Å². The second-order valence-electron chi connectivity index (χ2n) is 4.47. The summed E-state index contributed by atoms with van der Waals surface area (Å²) in [6.07, 6.45) is -0.377. The van der Waals surface area contributed by atoms with Crippen LogP contribution in [0.5, 0.6) is 0 Å². The van der Waals surface area contributed by atoms with Gasteiger partial charge in [0, 0.05) is 38.3 Å². The number of piperazine rings is 1. The highest BCUT2D eigenvalue weighted by Crippen LogP contribution is 2.13. The van der Waals surface area contributed by atoms with Crippen LogP contribution in [-0.4, -0.2) is 66.3 Å². The van der Waals surface area contributed by atoms with Crippen molar-refractivity contribution in [2.24, 2.45) is 5.73 Å². The summed E-state index contributed by atoms with van der Waals surface area (Å²) < 4.78 is 0. The van der Waals surface area contributed by atoms with Crippen molar-refractivity contribution in [2.45, 2.75) is 32.0 Å². The van der Waals surface area contributed by atoms with Gasteiger partial charge >= 0.3 is 0 Å². The second-order valence-corrected chi connectivity index (χ2v) is 4.47. The zero-order valence-corrected chi connectivity index (χ0v) is 9.48. The minimum Gasteiger partial charge on any atom is -0.390 e. The van der Waals surface area contributed by atoms with Crippen LogP contribution in [0.1, 0.15) is 13.8 Å². The Kier molecular flexibility index (Phi) is 4.31. The van der Waals surface area contributed by atoms with Crippen LogP contribution >= 0.6 is 0 Å². The molecular weight excluding hydrogens is 178 g/mol. The van der Waals surface area contributed by atoms with Gasteiger partial charge in [0.2, 0.25) is 0 Å². The smallest absolute Gasteiger partial charge is 0.0789 e. The second kappa shape index (κ2) is 5.07. The first-order valence-corrected chi connectivity index (χ1v) is 5.37. The normalized spacial score (nSPS) is 33.2. The maximum absolute atomic E-state index is 9.47. The fraction of sp³-hybridized carbons (Fsp3) is 1.00. The van der Waals surface area contributed by atoms with E-state index in [1.165, 1.54) is 0 Å². The molecule has 0 bridgehead atoms. The van der Waals surface area contributed by atoms with Gasteiger partial charge in [-0.3, -0.25) is 9.80 Å². The van der Waals surface area contributed by atoms with Gasteiger partial charge in [0.15, 0.2) is 0 Å². The summed E-state index contributed by atoms with van der Waals surface area (Å²) >= 11 is 0. The Hall–Kier alpha value is -0.160. The maximum Gasteiger partial charge on any atom is 0.0789 e. The van der Waals surface area contributed by atoms with E-state index < -0.39 is 0 Å². The molecule has 1 heterocycles. The molecule has 0 spiro atoms. The Morgan fingerprint density at radius 3 is 2.29 bits per heavy atom. The molecule has 14 heavy (non-hydrogen) atoms. The minimum atomic E-state index is -0.377. The lowest BCUT2D eigenvalue weighted by Crippen LogP contribution is -2.56. The van der Waals surface area contributed by atoms with Crippen molar-refractivity contribution in [2.75, 3.05) is 33.2 Å². The Morgan fingerprint density at radius 1 is 1.36 bits per heavy atom. The summed E-state index contributed by atoms with van der Waals surface area (Å²) in [5, 5.41) is 9.47. The molecule has 1 aliphatic heterocycles. The summed E-state index contributed by atoms with van der Waals surface area (Å²) in [4.78, 5) is 4.68. The Labute approximate surface area is 86.7 Å². The van der Waals surface area contributed by atoms with Crippen LogP contribution in [-0.2, 0) is 0 Å². The lowest BCUT2D eigenvalue weighted by atomic mass is 10.1. The van der Waals surface area contributed by atoms with Crippen LogP contribution in [0.15, 0.2) is 0 Å². The Morgan fingerprint density at radius 2 is 1.86 bits per heavy atom. The molecule has 3 N–H and O–H groups in total. The molecule has 0 aromatic heterocycles. The lowest BCUT2D eigenvalue weighted by molar-refractivity contribution is 0.0308. The maximum atomic E-state index is 9.47. The first-order chi connectivity index (χ1) is 6.54. The monoisotopic (exact) mass is 201 g/mol. The molecule has 4 heteroatoms. The number of nitrogens with zero attached hydrogens (tertiary/aromatic N) is 2. The van der Waals surface area contributed by atoms with Gasteiger partial charge in [-0.25, -0.2) is 0 Å². The standard InChI is InChI=1S/C10H23N3O/c1-8-5-13(7-10(14)4-11)6-9(2)12(8)3/h8-10,14H,4-7,11H2,1-3H3/t8?,9?,10-/m1/s1. The van der Waals surface area contributed by atoms with Gasteiger partial charge in [-0.15, -0.1) is 0 Å². The quantitative estimate of drug-likeness (QED) is 0.636.